The summed E-state index contributed by atoms with van der Waals surface area (Å²) in [6.07, 6.45) is 4.26. The fraction of sp³-hybridized carbons (Fsp3) is 0.267. The molecule has 0 unspecified atom stereocenters. The average Bonchev–Trinajstić information content (AvgIpc) is 3.20. The van der Waals surface area contributed by atoms with Crippen molar-refractivity contribution in [3.63, 3.8) is 0 Å². The number of benzene rings is 1. The lowest BCUT2D eigenvalue weighted by atomic mass is 10.3. The Hall–Kier alpha value is -2.63. The van der Waals surface area contributed by atoms with Crippen LogP contribution in [0.1, 0.15) is 18.4 Å². The van der Waals surface area contributed by atoms with Crippen LogP contribution in [-0.2, 0) is 0 Å². The quantitative estimate of drug-likeness (QED) is 0.684. The van der Waals surface area contributed by atoms with Gasteiger partial charge in [-0.3, -0.25) is 5.32 Å². The van der Waals surface area contributed by atoms with Gasteiger partial charge in [-0.2, -0.15) is 4.98 Å². The minimum Gasteiger partial charge on any atom is -0.367 e. The van der Waals surface area contributed by atoms with E-state index in [0.29, 0.717) is 17.9 Å². The summed E-state index contributed by atoms with van der Waals surface area (Å²) < 4.78 is 0. The van der Waals surface area contributed by atoms with Gasteiger partial charge in [0.1, 0.15) is 5.82 Å². The molecule has 3 aromatic rings. The predicted octanol–water partition coefficient (Wildman–Crippen LogP) is 2.98. The van der Waals surface area contributed by atoms with E-state index in [9.17, 15) is 0 Å². The maximum absolute atomic E-state index is 4.52. The Bertz CT molecular complexity index is 757. The third-order valence-electron chi connectivity index (χ3n) is 3.51. The fourth-order valence-electron chi connectivity index (χ4n) is 2.19. The zero-order valence-electron chi connectivity index (χ0n) is 11.7. The van der Waals surface area contributed by atoms with Crippen LogP contribution in [0.4, 0.5) is 17.7 Å². The van der Waals surface area contributed by atoms with Crippen LogP contribution < -0.4 is 10.6 Å². The van der Waals surface area contributed by atoms with Crippen LogP contribution in [0, 0.1) is 6.92 Å². The minimum absolute atomic E-state index is 0.544. The van der Waals surface area contributed by atoms with Crippen LogP contribution in [0.5, 0.6) is 0 Å². The molecule has 0 radical (unpaired) electrons. The third kappa shape index (κ3) is 2.52. The monoisotopic (exact) mass is 280 g/mol. The first-order valence-electron chi connectivity index (χ1n) is 7.10. The van der Waals surface area contributed by atoms with Crippen molar-refractivity contribution in [1.29, 1.82) is 0 Å². The van der Waals surface area contributed by atoms with Gasteiger partial charge in [0.25, 0.3) is 0 Å². The van der Waals surface area contributed by atoms with Crippen molar-refractivity contribution in [2.75, 3.05) is 10.6 Å². The zero-order chi connectivity index (χ0) is 14.2. The van der Waals surface area contributed by atoms with Gasteiger partial charge in [0.05, 0.1) is 11.0 Å². The summed E-state index contributed by atoms with van der Waals surface area (Å²) in [5, 5.41) is 6.54. The second-order valence-electron chi connectivity index (χ2n) is 5.37. The molecular formula is C15H16N6. The molecule has 6 nitrogen and oxygen atoms in total. The SMILES string of the molecule is Cc1cnc(Nc2nc3ccccc3[nH]2)nc1NC1CC1. The Morgan fingerprint density at radius 3 is 2.86 bits per heavy atom. The number of imidazole rings is 1. The number of rotatable bonds is 4. The number of aromatic amines is 1. The summed E-state index contributed by atoms with van der Waals surface area (Å²) in [7, 11) is 0. The van der Waals surface area contributed by atoms with E-state index in [1.165, 1.54) is 12.8 Å². The summed E-state index contributed by atoms with van der Waals surface area (Å²) in [6, 6.07) is 8.46. The van der Waals surface area contributed by atoms with Crippen molar-refractivity contribution in [3.05, 3.63) is 36.0 Å². The molecule has 0 spiro atoms. The first kappa shape index (κ1) is 12.1. The summed E-state index contributed by atoms with van der Waals surface area (Å²) in [4.78, 5) is 16.5. The number of H-pyrrole nitrogens is 1. The molecule has 0 amide bonds. The molecule has 1 fully saturated rings. The summed E-state index contributed by atoms with van der Waals surface area (Å²) in [5.74, 6) is 2.09. The van der Waals surface area contributed by atoms with E-state index in [2.05, 4.69) is 30.6 Å². The smallest absolute Gasteiger partial charge is 0.231 e. The maximum Gasteiger partial charge on any atom is 0.231 e. The lowest BCUT2D eigenvalue weighted by Crippen LogP contribution is -2.08. The Morgan fingerprint density at radius 1 is 1.19 bits per heavy atom. The number of hydrogen-bond acceptors (Lipinski definition) is 5. The second kappa shape index (κ2) is 4.73. The molecule has 1 aliphatic carbocycles. The number of anilines is 3. The van der Waals surface area contributed by atoms with Crippen LogP contribution in [0.2, 0.25) is 0 Å². The van der Waals surface area contributed by atoms with Gasteiger partial charge in [0.2, 0.25) is 11.9 Å². The topological polar surface area (TPSA) is 78.5 Å². The zero-order valence-corrected chi connectivity index (χ0v) is 11.7. The molecule has 2 aromatic heterocycles. The highest BCUT2D eigenvalue weighted by Crippen LogP contribution is 2.26. The summed E-state index contributed by atoms with van der Waals surface area (Å²) in [6.45, 7) is 2.01. The third-order valence-corrected chi connectivity index (χ3v) is 3.51. The highest BCUT2D eigenvalue weighted by molar-refractivity contribution is 5.77. The van der Waals surface area contributed by atoms with Crippen molar-refractivity contribution in [3.8, 4) is 0 Å². The molecule has 21 heavy (non-hydrogen) atoms. The predicted molar refractivity (Wildman–Crippen MR) is 82.8 cm³/mol. The molecule has 0 atom stereocenters. The van der Waals surface area contributed by atoms with Gasteiger partial charge in [0, 0.05) is 17.8 Å². The molecule has 4 rings (SSSR count). The highest BCUT2D eigenvalue weighted by Gasteiger charge is 2.22. The summed E-state index contributed by atoms with van der Waals surface area (Å²) in [5.41, 5.74) is 2.96. The first-order chi connectivity index (χ1) is 10.3. The first-order valence-corrected chi connectivity index (χ1v) is 7.10. The molecule has 0 bridgehead atoms. The number of hydrogen-bond donors (Lipinski definition) is 3. The number of aryl methyl sites for hydroxylation is 1. The average molecular weight is 280 g/mol. The number of para-hydroxylation sites is 2. The molecule has 106 valence electrons. The van der Waals surface area contributed by atoms with Crippen molar-refractivity contribution in [2.45, 2.75) is 25.8 Å². The molecule has 1 aromatic carbocycles. The number of nitrogens with zero attached hydrogens (tertiary/aromatic N) is 3. The molecule has 0 aliphatic heterocycles. The summed E-state index contributed by atoms with van der Waals surface area (Å²) >= 11 is 0. The van der Waals surface area contributed by atoms with Gasteiger partial charge in [0.15, 0.2) is 0 Å². The molecule has 1 saturated carbocycles. The Labute approximate surface area is 122 Å². The van der Waals surface area contributed by atoms with Gasteiger partial charge >= 0.3 is 0 Å². The second-order valence-corrected chi connectivity index (χ2v) is 5.37. The Balaban J connectivity index is 1.60. The maximum atomic E-state index is 4.52. The van der Waals surface area contributed by atoms with Crippen LogP contribution >= 0.6 is 0 Å². The molecule has 0 saturated heterocycles. The van der Waals surface area contributed by atoms with E-state index in [0.717, 1.165) is 22.4 Å². The van der Waals surface area contributed by atoms with Gasteiger partial charge in [-0.1, -0.05) is 12.1 Å². The van der Waals surface area contributed by atoms with Crippen LogP contribution in [0.15, 0.2) is 30.5 Å². The minimum atomic E-state index is 0.544. The molecule has 6 heteroatoms. The van der Waals surface area contributed by atoms with Crippen LogP contribution in [0.25, 0.3) is 11.0 Å². The van der Waals surface area contributed by atoms with Crippen molar-refractivity contribution < 1.29 is 0 Å². The van der Waals surface area contributed by atoms with Crippen molar-refractivity contribution >= 4 is 28.7 Å². The lowest BCUT2D eigenvalue weighted by molar-refractivity contribution is 1.06. The van der Waals surface area contributed by atoms with Crippen molar-refractivity contribution in [2.24, 2.45) is 0 Å². The van der Waals surface area contributed by atoms with Gasteiger partial charge < -0.3 is 10.3 Å². The largest absolute Gasteiger partial charge is 0.367 e. The van der Waals surface area contributed by atoms with E-state index in [1.54, 1.807) is 0 Å². The van der Waals surface area contributed by atoms with Crippen LogP contribution in [-0.4, -0.2) is 26.0 Å². The fourth-order valence-corrected chi connectivity index (χ4v) is 2.19. The standard InChI is InChI=1S/C15H16N6/c1-9-8-16-14(20-13(9)17-10-6-7-10)21-15-18-11-4-2-3-5-12(11)19-15/h2-5,8,10H,6-7H2,1H3,(H3,16,17,18,19,20,21). The van der Waals surface area contributed by atoms with Gasteiger partial charge in [-0.25, -0.2) is 9.97 Å². The molecule has 1 aliphatic rings. The van der Waals surface area contributed by atoms with Crippen molar-refractivity contribution in [1.82, 2.24) is 19.9 Å². The molecule has 3 N–H and O–H groups in total. The van der Waals surface area contributed by atoms with E-state index in [4.69, 9.17) is 0 Å². The van der Waals surface area contributed by atoms with E-state index >= 15 is 0 Å². The molecule has 2 heterocycles. The van der Waals surface area contributed by atoms with Gasteiger partial charge in [-0.05, 0) is 31.9 Å². The number of aromatic nitrogens is 4. The lowest BCUT2D eigenvalue weighted by Gasteiger charge is -2.08. The Morgan fingerprint density at radius 2 is 2.05 bits per heavy atom. The Kier molecular flexibility index (Phi) is 2.73. The highest BCUT2D eigenvalue weighted by atomic mass is 15.2. The van der Waals surface area contributed by atoms with E-state index in [-0.39, 0.29) is 0 Å². The number of fused-ring (bicyclic) bond motifs is 1. The number of nitrogens with one attached hydrogen (secondary N) is 3. The normalized spacial score (nSPS) is 14.3. The van der Waals surface area contributed by atoms with Gasteiger partial charge in [-0.15, -0.1) is 0 Å². The van der Waals surface area contributed by atoms with E-state index < -0.39 is 0 Å². The molecular weight excluding hydrogens is 264 g/mol. The van der Waals surface area contributed by atoms with Crippen LogP contribution in [0.3, 0.4) is 0 Å². The van der Waals surface area contributed by atoms with E-state index in [1.807, 2.05) is 37.4 Å².